The van der Waals surface area contributed by atoms with Crippen LogP contribution in [0.4, 0.5) is 0 Å². The van der Waals surface area contributed by atoms with E-state index in [2.05, 4.69) is 0 Å². The Bertz CT molecular complexity index is 355. The molecule has 0 heterocycles. The molecule has 2 aromatic carbocycles. The molecule has 0 saturated heterocycles. The summed E-state index contributed by atoms with van der Waals surface area (Å²) in [5.41, 5.74) is 0. The molecule has 0 bridgehead atoms. The maximum atomic E-state index is 10.1. The zero-order valence-electron chi connectivity index (χ0n) is 7.80. The first-order valence-corrected chi connectivity index (χ1v) is 6.33. The average Bonchev–Trinajstić information content (AvgIpc) is 2.30. The van der Waals surface area contributed by atoms with Crippen LogP contribution in [-0.4, -0.2) is 73.0 Å². The normalized spacial score (nSPS) is 9.12. The summed E-state index contributed by atoms with van der Waals surface area (Å²) in [4.78, 5) is 10.1. The predicted molar refractivity (Wildman–Crippen MR) is 75.8 cm³/mol. The van der Waals surface area contributed by atoms with Gasteiger partial charge in [-0.2, -0.15) is 0 Å². The van der Waals surface area contributed by atoms with Gasteiger partial charge in [-0.25, -0.2) is 0 Å². The predicted octanol–water partition coefficient (Wildman–Crippen LogP) is -0.780. The van der Waals surface area contributed by atoms with Crippen LogP contribution in [0.15, 0.2) is 60.7 Å². The standard InChI is InChI=1S/C12H12OSi.2Na.2H/c13-14(11-7-3-1-4-8-11)12-9-5-2-6-10-12;;;;/h1-10,13-14H;;;;. The van der Waals surface area contributed by atoms with E-state index in [0.717, 1.165) is 10.4 Å². The molecule has 4 heteroatoms. The third-order valence-electron chi connectivity index (χ3n) is 2.23. The van der Waals surface area contributed by atoms with Gasteiger partial charge in [-0.1, -0.05) is 60.7 Å². The number of hydrogen-bond acceptors (Lipinski definition) is 1. The molecule has 0 aliphatic rings. The topological polar surface area (TPSA) is 20.2 Å². The van der Waals surface area contributed by atoms with E-state index in [9.17, 15) is 4.80 Å². The zero-order valence-corrected chi connectivity index (χ0v) is 8.95. The van der Waals surface area contributed by atoms with Crippen LogP contribution in [0.3, 0.4) is 0 Å². The molecule has 0 radical (unpaired) electrons. The summed E-state index contributed by atoms with van der Waals surface area (Å²) in [7, 11) is -1.92. The molecule has 1 nitrogen and oxygen atoms in total. The van der Waals surface area contributed by atoms with Gasteiger partial charge in [0.15, 0.2) is 0 Å². The molecule has 0 unspecified atom stereocenters. The average molecular weight is 248 g/mol. The first-order valence-electron chi connectivity index (χ1n) is 4.66. The molecule has 0 aromatic heterocycles. The van der Waals surface area contributed by atoms with Crippen LogP contribution in [0.5, 0.6) is 0 Å². The molecule has 0 atom stereocenters. The van der Waals surface area contributed by atoms with E-state index >= 15 is 0 Å². The van der Waals surface area contributed by atoms with Crippen LogP contribution in [0.1, 0.15) is 0 Å². The van der Waals surface area contributed by atoms with Gasteiger partial charge in [0.05, 0.1) is 0 Å². The summed E-state index contributed by atoms with van der Waals surface area (Å²) >= 11 is 0. The summed E-state index contributed by atoms with van der Waals surface area (Å²) in [6.45, 7) is 0. The van der Waals surface area contributed by atoms with Gasteiger partial charge < -0.3 is 4.80 Å². The van der Waals surface area contributed by atoms with Crippen molar-refractivity contribution in [1.82, 2.24) is 0 Å². The molecule has 2 rings (SSSR count). The first-order chi connectivity index (χ1) is 6.88. The number of benzene rings is 2. The summed E-state index contributed by atoms with van der Waals surface area (Å²) in [5, 5.41) is 2.14. The maximum absolute atomic E-state index is 10.1. The van der Waals surface area contributed by atoms with Crippen molar-refractivity contribution in [3.63, 3.8) is 0 Å². The quantitative estimate of drug-likeness (QED) is 0.691. The van der Waals surface area contributed by atoms with Gasteiger partial charge in [0.1, 0.15) is 0 Å². The van der Waals surface area contributed by atoms with Gasteiger partial charge in [0.2, 0.25) is 9.04 Å². The van der Waals surface area contributed by atoms with Gasteiger partial charge in [0.25, 0.3) is 0 Å². The van der Waals surface area contributed by atoms with Crippen molar-refractivity contribution < 1.29 is 4.80 Å². The van der Waals surface area contributed by atoms with Crippen molar-refractivity contribution in [2.75, 3.05) is 0 Å². The van der Waals surface area contributed by atoms with Crippen LogP contribution in [0, 0.1) is 0 Å². The fraction of sp³-hybridized carbons (Fsp3) is 0. The van der Waals surface area contributed by atoms with E-state index in [-0.39, 0.29) is 59.1 Å². The molecule has 0 fully saturated rings. The van der Waals surface area contributed by atoms with Crippen molar-refractivity contribution in [2.45, 2.75) is 0 Å². The first kappa shape index (κ1) is 16.6. The van der Waals surface area contributed by atoms with Crippen molar-refractivity contribution >= 4 is 78.5 Å². The van der Waals surface area contributed by atoms with E-state index in [1.807, 2.05) is 60.7 Å². The third kappa shape index (κ3) is 4.47. The van der Waals surface area contributed by atoms with Crippen molar-refractivity contribution in [1.29, 1.82) is 0 Å². The second-order valence-electron chi connectivity index (χ2n) is 3.22. The Morgan fingerprint density at radius 3 is 1.25 bits per heavy atom. The summed E-state index contributed by atoms with van der Waals surface area (Å²) in [6, 6.07) is 19.8. The van der Waals surface area contributed by atoms with Gasteiger partial charge in [-0.3, -0.25) is 0 Å². The molecule has 0 saturated carbocycles. The minimum atomic E-state index is -1.92. The molecular weight excluding hydrogens is 234 g/mol. The summed E-state index contributed by atoms with van der Waals surface area (Å²) < 4.78 is 0. The van der Waals surface area contributed by atoms with E-state index in [1.165, 1.54) is 0 Å². The SMILES string of the molecule is O[SiH](c1ccccc1)c1ccccc1.[NaH].[NaH]. The Labute approximate surface area is 142 Å². The second-order valence-corrected chi connectivity index (χ2v) is 5.36. The minimum absolute atomic E-state index is 0. The Morgan fingerprint density at radius 2 is 0.938 bits per heavy atom. The summed E-state index contributed by atoms with van der Waals surface area (Å²) in [6.07, 6.45) is 0. The van der Waals surface area contributed by atoms with Crippen molar-refractivity contribution in [3.8, 4) is 0 Å². The van der Waals surface area contributed by atoms with Crippen molar-refractivity contribution in [2.24, 2.45) is 0 Å². The molecule has 0 aliphatic carbocycles. The number of rotatable bonds is 2. The molecule has 74 valence electrons. The fourth-order valence-electron chi connectivity index (χ4n) is 1.46. The molecule has 0 amide bonds. The van der Waals surface area contributed by atoms with Crippen molar-refractivity contribution in [3.05, 3.63) is 60.7 Å². The Kier molecular flexibility index (Phi) is 9.00. The second kappa shape index (κ2) is 8.67. The van der Waals surface area contributed by atoms with Gasteiger partial charge in [-0.15, -0.1) is 0 Å². The van der Waals surface area contributed by atoms with Crippen LogP contribution in [0.25, 0.3) is 0 Å². The molecule has 1 N–H and O–H groups in total. The Morgan fingerprint density at radius 1 is 0.625 bits per heavy atom. The van der Waals surface area contributed by atoms with Crippen LogP contribution in [0.2, 0.25) is 0 Å². The van der Waals surface area contributed by atoms with Crippen LogP contribution >= 0.6 is 0 Å². The van der Waals surface area contributed by atoms with Gasteiger partial charge in [-0.05, 0) is 10.4 Å². The zero-order chi connectivity index (χ0) is 9.80. The molecular formula is C12H14Na2OSi. The third-order valence-corrected chi connectivity index (χ3v) is 4.26. The van der Waals surface area contributed by atoms with Gasteiger partial charge in [0, 0.05) is 0 Å². The van der Waals surface area contributed by atoms with E-state index in [4.69, 9.17) is 0 Å². The molecule has 0 spiro atoms. The van der Waals surface area contributed by atoms with Crippen LogP contribution in [-0.2, 0) is 0 Å². The fourth-order valence-corrected chi connectivity index (χ4v) is 3.02. The Hall–Kier alpha value is 0.617. The van der Waals surface area contributed by atoms with E-state index < -0.39 is 9.04 Å². The summed E-state index contributed by atoms with van der Waals surface area (Å²) in [5.74, 6) is 0. The molecule has 2 aromatic rings. The van der Waals surface area contributed by atoms with E-state index in [0.29, 0.717) is 0 Å². The van der Waals surface area contributed by atoms with Gasteiger partial charge >= 0.3 is 59.1 Å². The monoisotopic (exact) mass is 248 g/mol. The van der Waals surface area contributed by atoms with Crippen LogP contribution < -0.4 is 10.4 Å². The molecule has 0 aliphatic heterocycles. The van der Waals surface area contributed by atoms with E-state index in [1.54, 1.807) is 0 Å². The number of hydrogen-bond donors (Lipinski definition) is 1. The Balaban J connectivity index is 0.00000112. The molecule has 16 heavy (non-hydrogen) atoms.